The van der Waals surface area contributed by atoms with Crippen molar-refractivity contribution in [3.8, 4) is 0 Å². The van der Waals surface area contributed by atoms with Crippen LogP contribution < -0.4 is 5.32 Å². The van der Waals surface area contributed by atoms with E-state index in [0.717, 1.165) is 6.54 Å². The molecule has 2 aromatic heterocycles. The molecule has 20 heavy (non-hydrogen) atoms. The molecule has 102 valence electrons. The number of nitrogens with one attached hydrogen (secondary N) is 1. The molecular formula is C16H15IN2S. The fourth-order valence-corrected chi connectivity index (χ4v) is 3.88. The van der Waals surface area contributed by atoms with E-state index in [0.29, 0.717) is 0 Å². The van der Waals surface area contributed by atoms with Gasteiger partial charge in [-0.1, -0.05) is 25.1 Å². The first-order chi connectivity index (χ1) is 9.79. The second-order valence-corrected chi connectivity index (χ2v) is 7.42. The van der Waals surface area contributed by atoms with Gasteiger partial charge in [-0.2, -0.15) is 0 Å². The van der Waals surface area contributed by atoms with Gasteiger partial charge in [0.1, 0.15) is 0 Å². The monoisotopic (exact) mass is 394 g/mol. The number of hydrogen-bond donors (Lipinski definition) is 1. The molecule has 0 amide bonds. The maximum absolute atomic E-state index is 4.22. The zero-order valence-corrected chi connectivity index (χ0v) is 14.1. The molecule has 0 spiro atoms. The molecule has 0 bridgehead atoms. The van der Waals surface area contributed by atoms with Gasteiger partial charge in [-0.25, -0.2) is 0 Å². The van der Waals surface area contributed by atoms with Crippen LogP contribution in [0.15, 0.2) is 48.1 Å². The number of aromatic nitrogens is 1. The van der Waals surface area contributed by atoms with E-state index in [1.165, 1.54) is 24.8 Å². The standard InChI is InChI=1S/C16H15IN2S/c1-2-19-16(12-8-15(17)20-10-12)14-5-3-4-11-9-18-7-6-13(11)14/h3-10,16,19H,2H2,1H3. The molecule has 2 nitrogen and oxygen atoms in total. The predicted octanol–water partition coefficient (Wildman–Crippen LogP) is 4.60. The molecule has 3 aromatic rings. The van der Waals surface area contributed by atoms with Crippen molar-refractivity contribution in [1.29, 1.82) is 0 Å². The SMILES string of the molecule is CCNC(c1csc(I)c1)c1cccc2cnccc12. The van der Waals surface area contributed by atoms with Crippen LogP contribution in [0.2, 0.25) is 0 Å². The largest absolute Gasteiger partial charge is 0.306 e. The van der Waals surface area contributed by atoms with E-state index in [4.69, 9.17) is 0 Å². The number of fused-ring (bicyclic) bond motifs is 1. The Morgan fingerprint density at radius 2 is 2.25 bits per heavy atom. The number of halogens is 1. The molecule has 0 saturated heterocycles. The zero-order valence-electron chi connectivity index (χ0n) is 11.1. The van der Waals surface area contributed by atoms with Crippen LogP contribution in [0.1, 0.15) is 24.1 Å². The van der Waals surface area contributed by atoms with Crippen LogP contribution in [0.5, 0.6) is 0 Å². The van der Waals surface area contributed by atoms with Crippen LogP contribution >= 0.6 is 33.9 Å². The van der Waals surface area contributed by atoms with Gasteiger partial charge in [-0.05, 0) is 63.2 Å². The third-order valence-electron chi connectivity index (χ3n) is 3.35. The minimum Gasteiger partial charge on any atom is -0.306 e. The predicted molar refractivity (Wildman–Crippen MR) is 94.3 cm³/mol. The highest BCUT2D eigenvalue weighted by molar-refractivity contribution is 14.1. The Labute approximate surface area is 136 Å². The normalized spacial score (nSPS) is 12.7. The van der Waals surface area contributed by atoms with E-state index >= 15 is 0 Å². The molecule has 2 heterocycles. The second kappa shape index (κ2) is 6.20. The topological polar surface area (TPSA) is 24.9 Å². The quantitative estimate of drug-likeness (QED) is 0.655. The molecule has 1 N–H and O–H groups in total. The number of thiophene rings is 1. The van der Waals surface area contributed by atoms with Gasteiger partial charge in [0.15, 0.2) is 0 Å². The smallest absolute Gasteiger partial charge is 0.0656 e. The number of nitrogens with zero attached hydrogens (tertiary/aromatic N) is 1. The summed E-state index contributed by atoms with van der Waals surface area (Å²) in [5.74, 6) is 0. The summed E-state index contributed by atoms with van der Waals surface area (Å²) in [6.07, 6.45) is 3.80. The van der Waals surface area contributed by atoms with E-state index in [1.807, 2.05) is 12.4 Å². The number of benzene rings is 1. The molecule has 0 radical (unpaired) electrons. The van der Waals surface area contributed by atoms with E-state index in [9.17, 15) is 0 Å². The molecule has 1 atom stereocenters. The lowest BCUT2D eigenvalue weighted by molar-refractivity contribution is 0.636. The third-order valence-corrected chi connectivity index (χ3v) is 5.16. The Balaban J connectivity index is 2.14. The van der Waals surface area contributed by atoms with Gasteiger partial charge >= 0.3 is 0 Å². The maximum atomic E-state index is 4.22. The lowest BCUT2D eigenvalue weighted by Crippen LogP contribution is -2.21. The minimum atomic E-state index is 0.242. The van der Waals surface area contributed by atoms with Gasteiger partial charge in [-0.3, -0.25) is 4.98 Å². The summed E-state index contributed by atoms with van der Waals surface area (Å²) >= 11 is 4.17. The Hall–Kier alpha value is -0.980. The van der Waals surface area contributed by atoms with E-state index < -0.39 is 0 Å². The Morgan fingerprint density at radius 1 is 1.35 bits per heavy atom. The van der Waals surface area contributed by atoms with Gasteiger partial charge in [0, 0.05) is 17.8 Å². The van der Waals surface area contributed by atoms with Gasteiger partial charge in [0.05, 0.1) is 8.93 Å². The van der Waals surface area contributed by atoms with E-state index in [2.05, 4.69) is 75.5 Å². The number of pyridine rings is 1. The number of hydrogen-bond acceptors (Lipinski definition) is 3. The highest BCUT2D eigenvalue weighted by atomic mass is 127. The first-order valence-corrected chi connectivity index (χ1v) is 8.55. The van der Waals surface area contributed by atoms with E-state index in [-0.39, 0.29) is 6.04 Å². The van der Waals surface area contributed by atoms with Crippen molar-refractivity contribution in [1.82, 2.24) is 10.3 Å². The first kappa shape index (κ1) is 14.0. The van der Waals surface area contributed by atoms with Crippen molar-refractivity contribution < 1.29 is 0 Å². The summed E-state index contributed by atoms with van der Waals surface area (Å²) < 4.78 is 1.32. The average molecular weight is 394 g/mol. The van der Waals surface area contributed by atoms with Crippen molar-refractivity contribution in [2.24, 2.45) is 0 Å². The fraction of sp³-hybridized carbons (Fsp3) is 0.188. The molecule has 4 heteroatoms. The highest BCUT2D eigenvalue weighted by Crippen LogP contribution is 2.31. The van der Waals surface area contributed by atoms with Gasteiger partial charge < -0.3 is 5.32 Å². The summed E-state index contributed by atoms with van der Waals surface area (Å²) in [6, 6.07) is 11.0. The molecule has 1 aromatic carbocycles. The zero-order chi connectivity index (χ0) is 13.9. The fourth-order valence-electron chi connectivity index (χ4n) is 2.49. The van der Waals surface area contributed by atoms with Crippen molar-refractivity contribution in [3.05, 3.63) is 62.1 Å². The van der Waals surface area contributed by atoms with Crippen molar-refractivity contribution in [2.45, 2.75) is 13.0 Å². The third kappa shape index (κ3) is 2.73. The van der Waals surface area contributed by atoms with Crippen LogP contribution in [0, 0.1) is 2.88 Å². The van der Waals surface area contributed by atoms with Gasteiger partial charge in [-0.15, -0.1) is 11.3 Å². The molecule has 3 rings (SSSR count). The minimum absolute atomic E-state index is 0.242. The molecule has 0 saturated carbocycles. The molecule has 0 aliphatic rings. The molecular weight excluding hydrogens is 379 g/mol. The first-order valence-electron chi connectivity index (χ1n) is 6.59. The van der Waals surface area contributed by atoms with Crippen LogP contribution in [-0.2, 0) is 0 Å². The number of rotatable bonds is 4. The lowest BCUT2D eigenvalue weighted by Gasteiger charge is -2.19. The van der Waals surface area contributed by atoms with Crippen molar-refractivity contribution >= 4 is 44.7 Å². The summed E-state index contributed by atoms with van der Waals surface area (Å²) in [7, 11) is 0. The Morgan fingerprint density at radius 3 is 3.00 bits per heavy atom. The summed E-state index contributed by atoms with van der Waals surface area (Å²) in [6.45, 7) is 3.09. The summed E-state index contributed by atoms with van der Waals surface area (Å²) in [5.41, 5.74) is 2.66. The summed E-state index contributed by atoms with van der Waals surface area (Å²) in [5, 5.41) is 8.31. The Kier molecular flexibility index (Phi) is 4.33. The van der Waals surface area contributed by atoms with Crippen LogP contribution in [-0.4, -0.2) is 11.5 Å². The van der Waals surface area contributed by atoms with Crippen molar-refractivity contribution in [3.63, 3.8) is 0 Å². The molecule has 0 fully saturated rings. The maximum Gasteiger partial charge on any atom is 0.0656 e. The van der Waals surface area contributed by atoms with Crippen LogP contribution in [0.4, 0.5) is 0 Å². The highest BCUT2D eigenvalue weighted by Gasteiger charge is 2.16. The van der Waals surface area contributed by atoms with Crippen molar-refractivity contribution in [2.75, 3.05) is 6.54 Å². The van der Waals surface area contributed by atoms with E-state index in [1.54, 1.807) is 11.3 Å². The van der Waals surface area contributed by atoms with Gasteiger partial charge in [0.25, 0.3) is 0 Å². The lowest BCUT2D eigenvalue weighted by atomic mass is 9.96. The van der Waals surface area contributed by atoms with Crippen LogP contribution in [0.25, 0.3) is 10.8 Å². The molecule has 0 aliphatic heterocycles. The van der Waals surface area contributed by atoms with Crippen LogP contribution in [0.3, 0.4) is 0 Å². The summed E-state index contributed by atoms with van der Waals surface area (Å²) in [4.78, 5) is 4.22. The average Bonchev–Trinajstić information content (AvgIpc) is 2.91. The molecule has 0 aliphatic carbocycles. The molecule has 1 unspecified atom stereocenters. The Bertz CT molecular complexity index is 718. The second-order valence-electron chi connectivity index (χ2n) is 4.62. The van der Waals surface area contributed by atoms with Gasteiger partial charge in [0.2, 0.25) is 0 Å².